The van der Waals surface area contributed by atoms with Gasteiger partial charge in [-0.2, -0.15) is 26.3 Å². The second-order valence-electron chi connectivity index (χ2n) is 9.76. The van der Waals surface area contributed by atoms with Crippen molar-refractivity contribution in [2.75, 3.05) is 20.1 Å². The molecule has 10 nitrogen and oxygen atoms in total. The normalized spacial score (nSPS) is 15.8. The van der Waals surface area contributed by atoms with Crippen molar-refractivity contribution in [1.29, 1.82) is 0 Å². The third-order valence-corrected chi connectivity index (χ3v) is 6.10. The van der Waals surface area contributed by atoms with Crippen LogP contribution in [0.2, 0.25) is 0 Å². The van der Waals surface area contributed by atoms with Crippen LogP contribution in [0.4, 0.5) is 26.3 Å². The number of nitrogens with zero attached hydrogens (tertiary/aromatic N) is 2. The number of rotatable bonds is 10. The molecule has 1 aromatic carbocycles. The summed E-state index contributed by atoms with van der Waals surface area (Å²) in [7, 11) is 2.05. The van der Waals surface area contributed by atoms with E-state index in [-0.39, 0.29) is 23.7 Å². The van der Waals surface area contributed by atoms with Gasteiger partial charge in [0, 0.05) is 13.0 Å². The molecular weight excluding hydrogens is 590 g/mol. The van der Waals surface area contributed by atoms with Crippen molar-refractivity contribution in [3.05, 3.63) is 42.4 Å². The van der Waals surface area contributed by atoms with Gasteiger partial charge in [0.1, 0.15) is 11.6 Å². The molecule has 1 saturated heterocycles. The number of aliphatic carboxylic acids is 2. The Balaban J connectivity index is 0.000000548. The summed E-state index contributed by atoms with van der Waals surface area (Å²) >= 11 is 0. The summed E-state index contributed by atoms with van der Waals surface area (Å²) in [5.41, 5.74) is 2.03. The lowest BCUT2D eigenvalue weighted by Crippen LogP contribution is -2.35. The number of hydrogen-bond acceptors (Lipinski definition) is 6. The summed E-state index contributed by atoms with van der Waals surface area (Å²) in [6, 6.07) is 9.94. The maximum Gasteiger partial charge on any atom is 0.490 e. The fourth-order valence-electron chi connectivity index (χ4n) is 3.89. The van der Waals surface area contributed by atoms with Crippen LogP contribution in [0.15, 0.2) is 36.5 Å². The van der Waals surface area contributed by atoms with Crippen LogP contribution in [-0.4, -0.2) is 81.2 Å². The molecule has 0 spiro atoms. The predicted molar refractivity (Wildman–Crippen MR) is 142 cm³/mol. The molecule has 1 aromatic heterocycles. The van der Waals surface area contributed by atoms with Crippen LogP contribution in [0.3, 0.4) is 0 Å². The number of hydrogen-bond donors (Lipinski definition) is 4. The fourth-order valence-corrected chi connectivity index (χ4v) is 3.89. The maximum atomic E-state index is 12.8. The van der Waals surface area contributed by atoms with Gasteiger partial charge >= 0.3 is 24.3 Å². The Hall–Kier alpha value is -3.95. The minimum Gasteiger partial charge on any atom is -0.475 e. The standard InChI is InChI=1S/C23H32N4O2.2C2HF3O2/c1-17(28)9-5-3-8-12-20(26-23(29)19-13-14-27(2)16-19)22-24-15-21(25-22)18-10-6-4-7-11-18;2*3-2(4,5)1(6)7/h4,6-7,10-11,15,19-20H,3,5,8-9,12-14,16H2,1-2H3,(H,24,25)(H,26,29);2*(H,6,7)/t19?,20-;;/m0../s1. The zero-order chi connectivity index (χ0) is 32.8. The van der Waals surface area contributed by atoms with E-state index in [0.717, 1.165) is 62.3 Å². The van der Waals surface area contributed by atoms with Crippen LogP contribution in [0, 0.1) is 5.92 Å². The van der Waals surface area contributed by atoms with E-state index in [1.165, 1.54) is 0 Å². The summed E-state index contributed by atoms with van der Waals surface area (Å²) < 4.78 is 63.5. The van der Waals surface area contributed by atoms with Crippen molar-refractivity contribution >= 4 is 23.6 Å². The van der Waals surface area contributed by atoms with Gasteiger partial charge in [-0.1, -0.05) is 43.2 Å². The molecule has 2 aromatic rings. The van der Waals surface area contributed by atoms with Gasteiger partial charge in [-0.25, -0.2) is 14.6 Å². The van der Waals surface area contributed by atoms with Crippen LogP contribution in [0.1, 0.15) is 57.3 Å². The summed E-state index contributed by atoms with van der Waals surface area (Å²) in [5, 5.41) is 17.5. The van der Waals surface area contributed by atoms with Crippen LogP contribution in [-0.2, 0) is 19.2 Å². The van der Waals surface area contributed by atoms with Crippen LogP contribution < -0.4 is 5.32 Å². The molecule has 0 saturated carbocycles. The number of Topliss-reactive ketones (excluding diaryl/α,β-unsaturated/α-hetero) is 1. The topological polar surface area (TPSA) is 153 Å². The Morgan fingerprint density at radius 3 is 2.02 bits per heavy atom. The number of likely N-dealkylation sites (tertiary alicyclic amines) is 1. The zero-order valence-corrected chi connectivity index (χ0v) is 23.5. The lowest BCUT2D eigenvalue weighted by atomic mass is 10.0. The predicted octanol–water partition coefficient (Wildman–Crippen LogP) is 4.99. The van der Waals surface area contributed by atoms with Crippen molar-refractivity contribution in [2.24, 2.45) is 5.92 Å². The number of ketones is 1. The molecule has 1 fully saturated rings. The Kier molecular flexibility index (Phi) is 14.9. The van der Waals surface area contributed by atoms with E-state index in [1.807, 2.05) is 36.5 Å². The van der Waals surface area contributed by atoms with E-state index in [2.05, 4.69) is 27.2 Å². The lowest BCUT2D eigenvalue weighted by molar-refractivity contribution is -0.193. The van der Waals surface area contributed by atoms with Gasteiger partial charge < -0.3 is 30.2 Å². The highest BCUT2D eigenvalue weighted by atomic mass is 19.4. The van der Waals surface area contributed by atoms with Gasteiger partial charge in [0.15, 0.2) is 0 Å². The van der Waals surface area contributed by atoms with E-state index < -0.39 is 24.3 Å². The second-order valence-corrected chi connectivity index (χ2v) is 9.76. The largest absolute Gasteiger partial charge is 0.490 e. The molecule has 4 N–H and O–H groups in total. The number of imidazole rings is 1. The van der Waals surface area contributed by atoms with E-state index in [1.54, 1.807) is 6.92 Å². The number of carbonyl (C=O) groups excluding carboxylic acids is 2. The third-order valence-electron chi connectivity index (χ3n) is 6.10. The van der Waals surface area contributed by atoms with Crippen molar-refractivity contribution in [3.63, 3.8) is 0 Å². The highest BCUT2D eigenvalue weighted by Gasteiger charge is 2.39. The van der Waals surface area contributed by atoms with Crippen LogP contribution in [0.25, 0.3) is 11.3 Å². The maximum absolute atomic E-state index is 12.8. The number of alkyl halides is 6. The minimum atomic E-state index is -5.08. The second kappa shape index (κ2) is 17.2. The molecule has 2 heterocycles. The number of halogens is 6. The number of nitrogens with one attached hydrogen (secondary N) is 2. The smallest absolute Gasteiger partial charge is 0.475 e. The number of unbranched alkanes of at least 4 members (excludes halogenated alkanes) is 2. The molecular formula is C27H34F6N4O6. The molecule has 1 aliphatic rings. The molecule has 0 bridgehead atoms. The lowest BCUT2D eigenvalue weighted by Gasteiger charge is -2.19. The van der Waals surface area contributed by atoms with Gasteiger partial charge in [0.25, 0.3) is 0 Å². The first kappa shape index (κ1) is 37.1. The van der Waals surface area contributed by atoms with Gasteiger partial charge in [-0.05, 0) is 45.3 Å². The van der Waals surface area contributed by atoms with Gasteiger partial charge in [0.2, 0.25) is 5.91 Å². The van der Waals surface area contributed by atoms with Gasteiger partial charge in [-0.15, -0.1) is 0 Å². The molecule has 0 radical (unpaired) electrons. The Morgan fingerprint density at radius 1 is 1.00 bits per heavy atom. The molecule has 1 unspecified atom stereocenters. The van der Waals surface area contributed by atoms with Crippen LogP contribution in [0.5, 0.6) is 0 Å². The number of benzene rings is 1. The highest BCUT2D eigenvalue weighted by molar-refractivity contribution is 5.79. The first-order valence-electron chi connectivity index (χ1n) is 13.1. The monoisotopic (exact) mass is 624 g/mol. The molecule has 43 heavy (non-hydrogen) atoms. The molecule has 16 heteroatoms. The Bertz CT molecular complexity index is 1160. The average Bonchev–Trinajstić information content (AvgIpc) is 3.57. The van der Waals surface area contributed by atoms with Crippen molar-refractivity contribution < 1.29 is 55.7 Å². The average molecular weight is 625 g/mol. The summed E-state index contributed by atoms with van der Waals surface area (Å²) in [6.45, 7) is 3.41. The zero-order valence-electron chi connectivity index (χ0n) is 23.5. The van der Waals surface area contributed by atoms with E-state index >= 15 is 0 Å². The van der Waals surface area contributed by atoms with E-state index in [4.69, 9.17) is 19.8 Å². The van der Waals surface area contributed by atoms with Crippen molar-refractivity contribution in [3.8, 4) is 11.3 Å². The van der Waals surface area contributed by atoms with Gasteiger partial charge in [-0.3, -0.25) is 4.79 Å². The third kappa shape index (κ3) is 14.7. The van der Waals surface area contributed by atoms with Gasteiger partial charge in [0.05, 0.1) is 23.9 Å². The number of carbonyl (C=O) groups is 4. The van der Waals surface area contributed by atoms with Crippen LogP contribution >= 0.6 is 0 Å². The van der Waals surface area contributed by atoms with E-state index in [9.17, 15) is 35.9 Å². The highest BCUT2D eigenvalue weighted by Crippen LogP contribution is 2.24. The SMILES string of the molecule is CC(=O)CCCCC[C@H](NC(=O)C1CCN(C)C1)c1ncc(-c2ccccc2)[nH]1.O=C(O)C(F)(F)F.O=C(O)C(F)(F)F. The first-order valence-corrected chi connectivity index (χ1v) is 13.1. The summed E-state index contributed by atoms with van der Waals surface area (Å²) in [6.07, 6.45) is -3.16. The Morgan fingerprint density at radius 2 is 1.56 bits per heavy atom. The number of carboxylic acids is 2. The Labute approximate surface area is 243 Å². The summed E-state index contributed by atoms with van der Waals surface area (Å²) in [5.74, 6) is -4.32. The molecule has 1 amide bonds. The van der Waals surface area contributed by atoms with Crippen molar-refractivity contribution in [1.82, 2.24) is 20.2 Å². The molecule has 3 rings (SSSR count). The minimum absolute atomic E-state index is 0.0452. The number of aromatic nitrogens is 2. The fraction of sp³-hybridized carbons (Fsp3) is 0.519. The number of amides is 1. The molecule has 1 aliphatic heterocycles. The van der Waals surface area contributed by atoms with Crippen molar-refractivity contribution in [2.45, 2.75) is 63.8 Å². The molecule has 240 valence electrons. The quantitative estimate of drug-likeness (QED) is 0.213. The summed E-state index contributed by atoms with van der Waals surface area (Å²) in [4.78, 5) is 51.9. The van der Waals surface area contributed by atoms with E-state index in [0.29, 0.717) is 6.42 Å². The molecule has 2 atom stereocenters. The first-order chi connectivity index (χ1) is 19.9. The number of carboxylic acid groups (broad SMARTS) is 2. The number of H-pyrrole nitrogens is 1. The molecule has 0 aliphatic carbocycles. The number of aromatic amines is 1.